The van der Waals surface area contributed by atoms with Gasteiger partial charge in [0.1, 0.15) is 0 Å². The molecular weight excluding hydrogens is 1540 g/mol. The lowest BCUT2D eigenvalue weighted by atomic mass is 9.43. The number of anilines is 6. The van der Waals surface area contributed by atoms with Crippen LogP contribution in [0.5, 0.6) is 0 Å². The van der Waals surface area contributed by atoms with E-state index in [0.29, 0.717) is 0 Å². The van der Waals surface area contributed by atoms with Gasteiger partial charge in [0.15, 0.2) is 0 Å². The molecule has 2 spiro atoms. The summed E-state index contributed by atoms with van der Waals surface area (Å²) in [5.74, 6) is 6.95. The second kappa shape index (κ2) is 29.5. The van der Waals surface area contributed by atoms with Crippen molar-refractivity contribution in [1.29, 1.82) is 0 Å². The van der Waals surface area contributed by atoms with Crippen LogP contribution in [0.4, 0.5) is 34.1 Å². The SMILES string of the molecule is c1ccc(-c2ccc(N(c3ccc(-c4cccc(-c5ccc6c(c5)-c5ccccc5C65C6CC7CC(C6)CC5C7)c4)cc3)c3ccc(-n4c5ccccc5c5ccccc54)cc3)cc2)cc1.c1ccc(-c2ccc(N(c3ccc(-c4cccc(-c5ccc6c(c5)-c5ccccc5C65C6CC7CC(C6)CC5C7)c4)cc3)c3ccc4c(c3)sc3ccccc34)cc2)cc1. The van der Waals surface area contributed by atoms with Crippen molar-refractivity contribution in [1.82, 2.24) is 4.57 Å². The zero-order valence-corrected chi connectivity index (χ0v) is 71.4. The lowest BCUT2D eigenvalue weighted by molar-refractivity contribution is -0.0399. The van der Waals surface area contributed by atoms with Gasteiger partial charge in [-0.3, -0.25) is 0 Å². The Hall–Kier alpha value is -13.6. The van der Waals surface area contributed by atoms with E-state index in [1.165, 1.54) is 195 Å². The fourth-order valence-corrected chi connectivity index (χ4v) is 27.7. The van der Waals surface area contributed by atoms with Gasteiger partial charge in [0.2, 0.25) is 0 Å². The summed E-state index contributed by atoms with van der Waals surface area (Å²) in [5, 5.41) is 5.18. The Morgan fingerprint density at radius 1 is 0.206 bits per heavy atom. The van der Waals surface area contributed by atoms with Gasteiger partial charge in [-0.05, 0) is 350 Å². The van der Waals surface area contributed by atoms with E-state index < -0.39 is 0 Å². The number of benzene rings is 17. The molecule has 0 saturated heterocycles. The first kappa shape index (κ1) is 73.8. The van der Waals surface area contributed by atoms with Gasteiger partial charge >= 0.3 is 0 Å². The molecule has 126 heavy (non-hydrogen) atoms. The van der Waals surface area contributed by atoms with E-state index in [9.17, 15) is 0 Å². The molecule has 8 bridgehead atoms. The number of thiophene rings is 1. The monoisotopic (exact) mass is 1630 g/mol. The van der Waals surface area contributed by atoms with E-state index in [0.717, 1.165) is 87.2 Å². The summed E-state index contributed by atoms with van der Waals surface area (Å²) in [5.41, 5.74) is 38.1. The highest BCUT2D eigenvalue weighted by Gasteiger charge is 2.63. The molecule has 17 aromatic carbocycles. The minimum Gasteiger partial charge on any atom is -0.311 e. The van der Waals surface area contributed by atoms with Gasteiger partial charge in [-0.2, -0.15) is 0 Å². The van der Waals surface area contributed by atoms with Crippen LogP contribution in [-0.4, -0.2) is 4.57 Å². The molecule has 0 radical (unpaired) electrons. The molecule has 8 fully saturated rings. The molecule has 2 heterocycles. The number of hydrogen-bond acceptors (Lipinski definition) is 3. The van der Waals surface area contributed by atoms with Crippen molar-refractivity contribution < 1.29 is 0 Å². The lowest BCUT2D eigenvalue weighted by Gasteiger charge is -2.61. The average molecular weight is 1640 g/mol. The van der Waals surface area contributed by atoms with Crippen molar-refractivity contribution >= 4 is 87.4 Å². The van der Waals surface area contributed by atoms with Crippen molar-refractivity contribution in [3.8, 4) is 94.7 Å². The summed E-state index contributed by atoms with van der Waals surface area (Å²) in [4.78, 5) is 4.78. The molecule has 0 atom stereocenters. The highest BCUT2D eigenvalue weighted by molar-refractivity contribution is 7.25. The summed E-state index contributed by atoms with van der Waals surface area (Å²) in [6.45, 7) is 0. The number of para-hydroxylation sites is 2. The van der Waals surface area contributed by atoms with Crippen LogP contribution in [0.3, 0.4) is 0 Å². The first-order valence-corrected chi connectivity index (χ1v) is 47.0. The zero-order valence-electron chi connectivity index (χ0n) is 70.6. The Kier molecular flexibility index (Phi) is 17.3. The van der Waals surface area contributed by atoms with E-state index in [1.807, 2.05) is 11.3 Å². The molecule has 8 saturated carbocycles. The van der Waals surface area contributed by atoms with E-state index in [-0.39, 0.29) is 10.8 Å². The average Bonchev–Trinajstić information content (AvgIpc) is 1.52. The molecule has 4 heteroatoms. The Bertz CT molecular complexity index is 7350. The summed E-state index contributed by atoms with van der Waals surface area (Å²) < 4.78 is 5.01. The predicted octanol–water partition coefficient (Wildman–Crippen LogP) is 33.2. The second-order valence-corrected chi connectivity index (χ2v) is 39.0. The van der Waals surface area contributed by atoms with Gasteiger partial charge in [-0.25, -0.2) is 0 Å². The maximum absolute atomic E-state index is 2.55. The molecule has 0 unspecified atom stereocenters. The Balaban J connectivity index is 0.000000135. The fraction of sp³-hybridized carbons (Fsp3) is 0.164. The number of nitrogens with zero attached hydrogens (tertiary/aromatic N) is 3. The fourth-order valence-electron chi connectivity index (χ4n) is 26.6. The van der Waals surface area contributed by atoms with Crippen LogP contribution in [0.25, 0.3) is 137 Å². The van der Waals surface area contributed by atoms with Gasteiger partial charge in [0.25, 0.3) is 0 Å². The molecule has 29 rings (SSSR count). The smallest absolute Gasteiger partial charge is 0.0541 e. The van der Waals surface area contributed by atoms with Crippen LogP contribution in [0.15, 0.2) is 406 Å². The summed E-state index contributed by atoms with van der Waals surface area (Å²) in [7, 11) is 0. The van der Waals surface area contributed by atoms with E-state index in [1.54, 1.807) is 22.3 Å². The highest BCUT2D eigenvalue weighted by atomic mass is 32.1. The van der Waals surface area contributed by atoms with Crippen LogP contribution in [0, 0.1) is 47.3 Å². The molecule has 10 aliphatic rings. The van der Waals surface area contributed by atoms with Crippen LogP contribution in [0.2, 0.25) is 0 Å². The topological polar surface area (TPSA) is 11.4 Å². The summed E-state index contributed by atoms with van der Waals surface area (Å²) in [6, 6.07) is 152. The molecule has 19 aromatic rings. The van der Waals surface area contributed by atoms with E-state index in [4.69, 9.17) is 0 Å². The predicted molar refractivity (Wildman–Crippen MR) is 529 cm³/mol. The molecule has 0 N–H and O–H groups in total. The van der Waals surface area contributed by atoms with Crippen LogP contribution < -0.4 is 9.80 Å². The third-order valence-corrected chi connectivity index (χ3v) is 32.6. The van der Waals surface area contributed by atoms with Crippen molar-refractivity contribution in [2.75, 3.05) is 9.80 Å². The maximum atomic E-state index is 2.55. The molecule has 604 valence electrons. The number of aromatic nitrogens is 1. The van der Waals surface area contributed by atoms with Crippen molar-refractivity contribution in [2.24, 2.45) is 47.3 Å². The third-order valence-electron chi connectivity index (χ3n) is 31.4. The number of hydrogen-bond donors (Lipinski definition) is 0. The number of rotatable bonds is 13. The highest BCUT2D eigenvalue weighted by Crippen LogP contribution is 2.72. The van der Waals surface area contributed by atoms with Crippen molar-refractivity contribution in [3.63, 3.8) is 0 Å². The quantitative estimate of drug-likeness (QED) is 0.114. The third kappa shape index (κ3) is 11.8. The minimum atomic E-state index is 0.202. The maximum Gasteiger partial charge on any atom is 0.0541 e. The van der Waals surface area contributed by atoms with Gasteiger partial charge in [-0.1, -0.05) is 279 Å². The zero-order chi connectivity index (χ0) is 82.7. The summed E-state index contributed by atoms with van der Waals surface area (Å²) in [6.07, 6.45) is 14.3. The van der Waals surface area contributed by atoms with E-state index in [2.05, 4.69) is 421 Å². The minimum absolute atomic E-state index is 0.202. The van der Waals surface area contributed by atoms with Gasteiger partial charge in [0.05, 0.1) is 11.0 Å². The van der Waals surface area contributed by atoms with Gasteiger partial charge < -0.3 is 14.4 Å². The van der Waals surface area contributed by atoms with Crippen LogP contribution >= 0.6 is 11.3 Å². The summed E-state index contributed by atoms with van der Waals surface area (Å²) >= 11 is 1.87. The van der Waals surface area contributed by atoms with Crippen LogP contribution in [-0.2, 0) is 10.8 Å². The van der Waals surface area contributed by atoms with Crippen LogP contribution in [0.1, 0.15) is 86.5 Å². The number of fused-ring (bicyclic) bond motifs is 12. The second-order valence-electron chi connectivity index (χ2n) is 37.9. The van der Waals surface area contributed by atoms with Crippen molar-refractivity contribution in [2.45, 2.75) is 75.0 Å². The standard InChI is InChI=1S/C64H50N2.C58H45NS/c1-2-11-44(12-3-1)45-21-26-52(27-22-45)65(54-30-32-55(33-31-54)66-62-19-8-5-16-57(62)58-17-6-9-20-63(58)66)53-28-23-46(24-29-53)47-13-10-14-48(40-47)49-25-34-61-59(41-49)56-15-4-7-18-60(56)64(61)50-36-42-35-43(38-50)39-51(64)37-42;1-2-9-39(10-3-1)40-17-22-47(23-18-40)59(49-26-27-52-51-14-5-7-16-56(51)60-57(52)36-49)48-24-19-41(20-25-48)42-11-8-12-43(34-42)44-21-28-55-53(35-44)50-13-4-6-15-54(50)58(55)45-30-37-29-38(32-45)33-46(58)31-37/h1-34,40-43,50-51H,35-39H2;1-28,34-38,45-46H,29-33H2. The Morgan fingerprint density at radius 3 is 0.944 bits per heavy atom. The van der Waals surface area contributed by atoms with Gasteiger partial charge in [-0.15, -0.1) is 11.3 Å². The first-order chi connectivity index (χ1) is 62.3. The molecule has 3 nitrogen and oxygen atoms in total. The molecule has 10 aliphatic carbocycles. The normalized spacial score (nSPS) is 21.6. The molecule has 0 amide bonds. The largest absolute Gasteiger partial charge is 0.311 e. The Morgan fingerprint density at radius 2 is 0.508 bits per heavy atom. The molecule has 0 aliphatic heterocycles. The van der Waals surface area contributed by atoms with Crippen molar-refractivity contribution in [3.05, 3.63) is 429 Å². The lowest BCUT2D eigenvalue weighted by Crippen LogP contribution is -2.55. The van der Waals surface area contributed by atoms with Gasteiger partial charge in [0, 0.05) is 81.6 Å². The van der Waals surface area contributed by atoms with E-state index >= 15 is 0 Å². The first-order valence-electron chi connectivity index (χ1n) is 46.2. The molecule has 2 aromatic heterocycles. The molecular formula is C122H95N3S. The Labute approximate surface area is 742 Å².